The normalized spacial score (nSPS) is 15.9. The van der Waals surface area contributed by atoms with Gasteiger partial charge in [-0.25, -0.2) is 14.6 Å². The van der Waals surface area contributed by atoms with Crippen molar-refractivity contribution in [2.24, 2.45) is 5.92 Å². The lowest BCUT2D eigenvalue weighted by atomic mass is 9.83. The van der Waals surface area contributed by atoms with Crippen molar-refractivity contribution in [3.8, 4) is 0 Å². The highest BCUT2D eigenvalue weighted by atomic mass is 15.4. The van der Waals surface area contributed by atoms with Gasteiger partial charge in [-0.2, -0.15) is 0 Å². The van der Waals surface area contributed by atoms with Crippen LogP contribution in [0.3, 0.4) is 0 Å². The smallest absolute Gasteiger partial charge is 0.183 e. The van der Waals surface area contributed by atoms with E-state index in [0.29, 0.717) is 6.04 Å². The summed E-state index contributed by atoms with van der Waals surface area (Å²) >= 11 is 0. The van der Waals surface area contributed by atoms with Gasteiger partial charge in [0, 0.05) is 12.6 Å². The molecule has 0 radical (unpaired) electrons. The van der Waals surface area contributed by atoms with Crippen LogP contribution in [0.1, 0.15) is 39.5 Å². The van der Waals surface area contributed by atoms with Crippen LogP contribution in [-0.4, -0.2) is 31.0 Å². The average molecular weight is 260 g/mol. The Kier molecular flexibility index (Phi) is 3.31. The molecule has 0 aromatic carbocycles. The number of anilines is 1. The lowest BCUT2D eigenvalue weighted by molar-refractivity contribution is 0.278. The van der Waals surface area contributed by atoms with E-state index in [2.05, 4.69) is 39.4 Å². The Balaban J connectivity index is 1.81. The highest BCUT2D eigenvalue weighted by Gasteiger charge is 2.18. The molecule has 1 N–H and O–H groups in total. The van der Waals surface area contributed by atoms with Crippen molar-refractivity contribution >= 4 is 17.0 Å². The molecule has 0 bridgehead atoms. The van der Waals surface area contributed by atoms with E-state index in [0.717, 1.165) is 29.4 Å². The summed E-state index contributed by atoms with van der Waals surface area (Å²) in [7, 11) is 0. The van der Waals surface area contributed by atoms with Crippen molar-refractivity contribution < 1.29 is 0 Å². The summed E-state index contributed by atoms with van der Waals surface area (Å²) in [5.41, 5.74) is 1.60. The molecule has 0 atom stereocenters. The van der Waals surface area contributed by atoms with Gasteiger partial charge in [0.25, 0.3) is 0 Å². The molecule has 3 rings (SSSR count). The summed E-state index contributed by atoms with van der Waals surface area (Å²) in [6, 6.07) is 0.318. The molecule has 1 aliphatic carbocycles. The molecule has 1 saturated carbocycles. The van der Waals surface area contributed by atoms with E-state index in [1.54, 1.807) is 6.33 Å². The van der Waals surface area contributed by atoms with E-state index in [4.69, 9.17) is 0 Å². The molecular formula is C13H20N6. The van der Waals surface area contributed by atoms with Crippen molar-refractivity contribution in [2.45, 2.75) is 52.1 Å². The Labute approximate surface area is 112 Å². The molecule has 19 heavy (non-hydrogen) atoms. The minimum atomic E-state index is 0.318. The van der Waals surface area contributed by atoms with Crippen molar-refractivity contribution in [1.82, 2.24) is 25.0 Å². The van der Waals surface area contributed by atoms with Crippen LogP contribution in [0.4, 0.5) is 5.82 Å². The molecule has 2 aromatic heterocycles. The number of aromatic nitrogens is 5. The molecule has 0 saturated heterocycles. The highest BCUT2D eigenvalue weighted by Crippen LogP contribution is 2.30. The van der Waals surface area contributed by atoms with Crippen molar-refractivity contribution in [3.63, 3.8) is 0 Å². The van der Waals surface area contributed by atoms with Gasteiger partial charge in [-0.3, -0.25) is 0 Å². The molecule has 0 spiro atoms. The zero-order chi connectivity index (χ0) is 13.2. The third kappa shape index (κ3) is 2.52. The molecule has 6 nitrogen and oxygen atoms in total. The second kappa shape index (κ2) is 5.11. The van der Waals surface area contributed by atoms with Gasteiger partial charge in [0.15, 0.2) is 17.0 Å². The van der Waals surface area contributed by atoms with Crippen molar-refractivity contribution in [2.75, 3.05) is 5.32 Å². The summed E-state index contributed by atoms with van der Waals surface area (Å²) in [6.45, 7) is 5.06. The van der Waals surface area contributed by atoms with E-state index in [1.165, 1.54) is 25.7 Å². The molecule has 6 heteroatoms. The number of nitrogens with one attached hydrogen (secondary N) is 1. The number of nitrogens with zero attached hydrogens (tertiary/aromatic N) is 5. The molecule has 0 aliphatic heterocycles. The van der Waals surface area contributed by atoms with Crippen LogP contribution in [0.15, 0.2) is 6.33 Å². The summed E-state index contributed by atoms with van der Waals surface area (Å²) in [6.07, 6.45) is 6.86. The molecule has 1 fully saturated rings. The molecule has 0 unspecified atom stereocenters. The summed E-state index contributed by atoms with van der Waals surface area (Å²) < 4.78 is 1.90. The first-order chi connectivity index (χ1) is 9.24. The van der Waals surface area contributed by atoms with E-state index in [-0.39, 0.29) is 0 Å². The predicted octanol–water partition coefficient (Wildman–Crippen LogP) is 2.23. The quantitative estimate of drug-likeness (QED) is 0.892. The SMILES string of the molecule is CC(C)Nc1ncnc2c1nnn2CCC1CCC1. The van der Waals surface area contributed by atoms with Gasteiger partial charge in [0.2, 0.25) is 0 Å². The largest absolute Gasteiger partial charge is 0.366 e. The second-order valence-corrected chi connectivity index (χ2v) is 5.59. The zero-order valence-electron chi connectivity index (χ0n) is 11.5. The van der Waals surface area contributed by atoms with Crippen LogP contribution in [0.2, 0.25) is 0 Å². The Bertz CT molecular complexity index is 557. The summed E-state index contributed by atoms with van der Waals surface area (Å²) in [5.74, 6) is 1.64. The lowest BCUT2D eigenvalue weighted by Crippen LogP contribution is -2.15. The fourth-order valence-electron chi connectivity index (χ4n) is 2.41. The van der Waals surface area contributed by atoms with Crippen LogP contribution < -0.4 is 5.32 Å². The van der Waals surface area contributed by atoms with Crippen LogP contribution in [-0.2, 0) is 6.54 Å². The Morgan fingerprint density at radius 2 is 2.21 bits per heavy atom. The molecular weight excluding hydrogens is 240 g/mol. The van der Waals surface area contributed by atoms with Crippen LogP contribution >= 0.6 is 0 Å². The topological polar surface area (TPSA) is 68.5 Å². The van der Waals surface area contributed by atoms with Crippen LogP contribution in [0.25, 0.3) is 11.2 Å². The summed E-state index contributed by atoms with van der Waals surface area (Å²) in [4.78, 5) is 8.56. The third-order valence-electron chi connectivity index (χ3n) is 3.70. The van der Waals surface area contributed by atoms with Gasteiger partial charge in [-0.1, -0.05) is 24.5 Å². The fourth-order valence-corrected chi connectivity index (χ4v) is 2.41. The zero-order valence-corrected chi connectivity index (χ0v) is 11.5. The fraction of sp³-hybridized carbons (Fsp3) is 0.692. The molecule has 1 aliphatic rings. The lowest BCUT2D eigenvalue weighted by Gasteiger charge is -2.24. The Hall–Kier alpha value is -1.72. The van der Waals surface area contributed by atoms with Crippen LogP contribution in [0.5, 0.6) is 0 Å². The first-order valence-electron chi connectivity index (χ1n) is 7.05. The molecule has 2 aromatic rings. The van der Waals surface area contributed by atoms with E-state index in [9.17, 15) is 0 Å². The molecule has 2 heterocycles. The maximum absolute atomic E-state index is 4.32. The second-order valence-electron chi connectivity index (χ2n) is 5.59. The van der Waals surface area contributed by atoms with Gasteiger partial charge >= 0.3 is 0 Å². The minimum absolute atomic E-state index is 0.318. The minimum Gasteiger partial charge on any atom is -0.366 e. The van der Waals surface area contributed by atoms with E-state index < -0.39 is 0 Å². The maximum Gasteiger partial charge on any atom is 0.183 e. The van der Waals surface area contributed by atoms with Gasteiger partial charge < -0.3 is 5.32 Å². The van der Waals surface area contributed by atoms with Crippen LogP contribution in [0, 0.1) is 5.92 Å². The van der Waals surface area contributed by atoms with Crippen molar-refractivity contribution in [1.29, 1.82) is 0 Å². The van der Waals surface area contributed by atoms with Gasteiger partial charge in [-0.05, 0) is 26.2 Å². The highest BCUT2D eigenvalue weighted by molar-refractivity contribution is 5.81. The van der Waals surface area contributed by atoms with Gasteiger partial charge in [-0.15, -0.1) is 5.10 Å². The Morgan fingerprint density at radius 3 is 2.89 bits per heavy atom. The first-order valence-corrected chi connectivity index (χ1v) is 7.05. The maximum atomic E-state index is 4.32. The van der Waals surface area contributed by atoms with Gasteiger partial charge in [0.05, 0.1) is 0 Å². The molecule has 102 valence electrons. The van der Waals surface area contributed by atoms with Crippen molar-refractivity contribution in [3.05, 3.63) is 6.33 Å². The number of aryl methyl sites for hydroxylation is 1. The van der Waals surface area contributed by atoms with Gasteiger partial charge in [0.1, 0.15) is 6.33 Å². The van der Waals surface area contributed by atoms with E-state index in [1.807, 2.05) is 4.68 Å². The summed E-state index contributed by atoms with van der Waals surface area (Å²) in [5, 5.41) is 11.7. The number of rotatable bonds is 5. The molecule has 0 amide bonds. The standard InChI is InChI=1S/C13H20N6/c1-9(2)16-12-11-13(15-8-14-12)19(18-17-11)7-6-10-4-3-5-10/h8-10H,3-7H2,1-2H3,(H,14,15,16). The van der Waals surface area contributed by atoms with E-state index >= 15 is 0 Å². The number of hydrogen-bond acceptors (Lipinski definition) is 5. The number of hydrogen-bond donors (Lipinski definition) is 1. The Morgan fingerprint density at radius 1 is 1.37 bits per heavy atom. The number of fused-ring (bicyclic) bond motifs is 1. The monoisotopic (exact) mass is 260 g/mol. The predicted molar refractivity (Wildman–Crippen MR) is 73.8 cm³/mol. The third-order valence-corrected chi connectivity index (χ3v) is 3.70. The first kappa shape index (κ1) is 12.3. The average Bonchev–Trinajstić information content (AvgIpc) is 2.71.